The number of carbonyl (C=O) groups is 3. The molecule has 0 radical (unpaired) electrons. The summed E-state index contributed by atoms with van der Waals surface area (Å²) in [5.41, 5.74) is 1.73. The number of aryl methyl sites for hydroxylation is 1. The van der Waals surface area contributed by atoms with Gasteiger partial charge in [-0.25, -0.2) is 0 Å². The van der Waals surface area contributed by atoms with Crippen LogP contribution in [0.15, 0.2) is 18.2 Å². The highest BCUT2D eigenvalue weighted by Gasteiger charge is 2.37. The molecule has 6 nitrogen and oxygen atoms in total. The maximum absolute atomic E-state index is 12.6. The Bertz CT molecular complexity index is 699. The molecule has 1 aromatic carbocycles. The van der Waals surface area contributed by atoms with Crippen molar-refractivity contribution in [1.29, 1.82) is 0 Å². The van der Waals surface area contributed by atoms with Gasteiger partial charge in [0.25, 0.3) is 11.8 Å². The van der Waals surface area contributed by atoms with Crippen molar-refractivity contribution in [2.24, 2.45) is 5.92 Å². The second-order valence-electron chi connectivity index (χ2n) is 6.96. The maximum Gasteiger partial charge on any atom is 0.262 e. The van der Waals surface area contributed by atoms with Gasteiger partial charge in [-0.1, -0.05) is 11.6 Å². The molecule has 26 heavy (non-hydrogen) atoms. The van der Waals surface area contributed by atoms with Gasteiger partial charge in [-0.3, -0.25) is 19.3 Å². The van der Waals surface area contributed by atoms with Crippen LogP contribution < -0.4 is 5.32 Å². The fourth-order valence-corrected chi connectivity index (χ4v) is 3.60. The summed E-state index contributed by atoms with van der Waals surface area (Å²) in [4.78, 5) is 40.3. The monoisotopic (exact) mass is 379 g/mol. The lowest BCUT2D eigenvalue weighted by atomic mass is 9.93. The van der Waals surface area contributed by atoms with Crippen molar-refractivity contribution in [3.05, 3.63) is 34.9 Å². The summed E-state index contributed by atoms with van der Waals surface area (Å²) in [5.74, 6) is -0.227. The largest absolute Gasteiger partial charge is 0.341 e. The zero-order chi connectivity index (χ0) is 18.0. The fraction of sp³-hybridized carbons (Fsp3) is 0.526. The minimum Gasteiger partial charge on any atom is -0.341 e. The van der Waals surface area contributed by atoms with E-state index < -0.39 is 0 Å². The third-order valence-corrected chi connectivity index (χ3v) is 5.19. The Morgan fingerprint density at radius 2 is 1.81 bits per heavy atom. The van der Waals surface area contributed by atoms with E-state index in [0.717, 1.165) is 36.3 Å². The third kappa shape index (κ3) is 4.07. The molecule has 142 valence electrons. The number of fused-ring (bicyclic) bond motifs is 1. The van der Waals surface area contributed by atoms with Crippen molar-refractivity contribution in [2.45, 2.75) is 26.2 Å². The van der Waals surface area contributed by atoms with Gasteiger partial charge >= 0.3 is 0 Å². The Labute approximate surface area is 160 Å². The van der Waals surface area contributed by atoms with Gasteiger partial charge in [-0.15, -0.1) is 12.4 Å². The van der Waals surface area contributed by atoms with Crippen molar-refractivity contribution in [3.63, 3.8) is 0 Å². The number of nitrogens with zero attached hydrogens (tertiary/aromatic N) is 2. The number of likely N-dealkylation sites (tertiary alicyclic amines) is 1. The first kappa shape index (κ1) is 20.4. The van der Waals surface area contributed by atoms with Crippen LogP contribution in [-0.2, 0) is 4.79 Å². The summed E-state index contributed by atoms with van der Waals surface area (Å²) in [7, 11) is 1.95. The molecule has 2 aliphatic rings. The summed E-state index contributed by atoms with van der Waals surface area (Å²) in [5, 5.41) is 3.16. The van der Waals surface area contributed by atoms with E-state index >= 15 is 0 Å². The van der Waals surface area contributed by atoms with Crippen molar-refractivity contribution in [3.8, 4) is 0 Å². The average molecular weight is 380 g/mol. The highest BCUT2D eigenvalue weighted by molar-refractivity contribution is 6.22. The van der Waals surface area contributed by atoms with Crippen LogP contribution in [0, 0.1) is 12.8 Å². The van der Waals surface area contributed by atoms with Crippen molar-refractivity contribution in [2.75, 3.05) is 33.2 Å². The molecule has 0 aliphatic carbocycles. The van der Waals surface area contributed by atoms with Gasteiger partial charge in [0.2, 0.25) is 5.91 Å². The number of hydrogen-bond acceptors (Lipinski definition) is 4. The summed E-state index contributed by atoms with van der Waals surface area (Å²) in [6.45, 7) is 4.12. The number of amides is 3. The molecule has 0 spiro atoms. The molecular weight excluding hydrogens is 354 g/mol. The van der Waals surface area contributed by atoms with Crippen LogP contribution in [0.5, 0.6) is 0 Å². The highest BCUT2D eigenvalue weighted by Crippen LogP contribution is 2.25. The third-order valence-electron chi connectivity index (χ3n) is 5.19. The van der Waals surface area contributed by atoms with E-state index in [-0.39, 0.29) is 36.7 Å². The van der Waals surface area contributed by atoms with Gasteiger partial charge in [0.15, 0.2) is 0 Å². The van der Waals surface area contributed by atoms with E-state index in [1.807, 2.05) is 20.0 Å². The predicted molar refractivity (Wildman–Crippen MR) is 102 cm³/mol. The van der Waals surface area contributed by atoms with Crippen LogP contribution in [0.4, 0.5) is 0 Å². The number of imide groups is 1. The summed E-state index contributed by atoms with van der Waals surface area (Å²) in [6, 6.07) is 5.20. The summed E-state index contributed by atoms with van der Waals surface area (Å²) < 4.78 is 0. The number of benzene rings is 1. The van der Waals surface area contributed by atoms with Crippen LogP contribution in [0.1, 0.15) is 45.5 Å². The number of nitrogens with one attached hydrogen (secondary N) is 1. The van der Waals surface area contributed by atoms with E-state index in [9.17, 15) is 14.4 Å². The molecule has 3 rings (SSSR count). The van der Waals surface area contributed by atoms with Crippen LogP contribution >= 0.6 is 12.4 Å². The van der Waals surface area contributed by atoms with Gasteiger partial charge in [-0.05, 0) is 57.8 Å². The first-order valence-electron chi connectivity index (χ1n) is 8.90. The van der Waals surface area contributed by atoms with Crippen LogP contribution in [0.2, 0.25) is 0 Å². The second-order valence-corrected chi connectivity index (χ2v) is 6.96. The minimum absolute atomic E-state index is 0. The number of piperidine rings is 1. The van der Waals surface area contributed by atoms with Gasteiger partial charge in [-0.2, -0.15) is 0 Å². The molecular formula is C19H26ClN3O3. The number of halogens is 1. The molecule has 0 atom stereocenters. The predicted octanol–water partition coefficient (Wildman–Crippen LogP) is 1.86. The molecule has 2 aliphatic heterocycles. The normalized spacial score (nSPS) is 17.3. The second kappa shape index (κ2) is 8.64. The molecule has 0 saturated carbocycles. The van der Waals surface area contributed by atoms with Gasteiger partial charge in [0, 0.05) is 13.1 Å². The zero-order valence-electron chi connectivity index (χ0n) is 15.3. The number of rotatable bonds is 5. The highest BCUT2D eigenvalue weighted by atomic mass is 35.5. The molecule has 0 bridgehead atoms. The van der Waals surface area contributed by atoms with Crippen molar-refractivity contribution < 1.29 is 14.4 Å². The Kier molecular flexibility index (Phi) is 6.78. The Morgan fingerprint density at radius 3 is 2.46 bits per heavy atom. The molecule has 1 fully saturated rings. The summed E-state index contributed by atoms with van der Waals surface area (Å²) >= 11 is 0. The lowest BCUT2D eigenvalue weighted by Crippen LogP contribution is -2.45. The Balaban J connectivity index is 0.00000243. The van der Waals surface area contributed by atoms with Crippen LogP contribution in [0.3, 0.4) is 0 Å². The van der Waals surface area contributed by atoms with Crippen molar-refractivity contribution in [1.82, 2.24) is 15.1 Å². The maximum atomic E-state index is 12.6. The van der Waals surface area contributed by atoms with E-state index in [0.29, 0.717) is 30.1 Å². The van der Waals surface area contributed by atoms with E-state index in [1.165, 1.54) is 0 Å². The number of carbonyl (C=O) groups excluding carboxylic acids is 3. The quantitative estimate of drug-likeness (QED) is 0.793. The van der Waals surface area contributed by atoms with Crippen molar-refractivity contribution >= 4 is 30.1 Å². The van der Waals surface area contributed by atoms with Gasteiger partial charge < -0.3 is 10.2 Å². The molecule has 1 saturated heterocycles. The molecule has 2 heterocycles. The lowest BCUT2D eigenvalue weighted by molar-refractivity contribution is -0.132. The fourth-order valence-electron chi connectivity index (χ4n) is 3.60. The lowest BCUT2D eigenvalue weighted by Gasteiger charge is -2.32. The molecule has 3 amide bonds. The van der Waals surface area contributed by atoms with Crippen LogP contribution in [-0.4, -0.2) is 60.7 Å². The standard InChI is InChI=1S/C19H25N3O3.ClH/c1-13-3-4-15-16(11-13)19(25)22(18(15)24)12-17(23)21-9-6-14(7-10-21)5-8-20-2;/h3-4,11,14,20H,5-10,12H2,1-2H3;1H. The Hall–Kier alpha value is -1.92. The topological polar surface area (TPSA) is 69.7 Å². The smallest absolute Gasteiger partial charge is 0.262 e. The molecule has 0 unspecified atom stereocenters. The summed E-state index contributed by atoms with van der Waals surface area (Å²) in [6.07, 6.45) is 3.08. The number of hydrogen-bond donors (Lipinski definition) is 1. The first-order valence-corrected chi connectivity index (χ1v) is 8.90. The van der Waals surface area contributed by atoms with E-state index in [4.69, 9.17) is 0 Å². The minimum atomic E-state index is -0.364. The Morgan fingerprint density at radius 1 is 1.15 bits per heavy atom. The van der Waals surface area contributed by atoms with E-state index in [2.05, 4.69) is 5.32 Å². The molecule has 1 aromatic rings. The van der Waals surface area contributed by atoms with E-state index in [1.54, 1.807) is 17.0 Å². The molecule has 7 heteroatoms. The zero-order valence-corrected chi connectivity index (χ0v) is 16.1. The van der Waals surface area contributed by atoms with Gasteiger partial charge in [0.1, 0.15) is 6.54 Å². The molecule has 1 N–H and O–H groups in total. The first-order chi connectivity index (χ1) is 12.0. The average Bonchev–Trinajstić information content (AvgIpc) is 2.84. The van der Waals surface area contributed by atoms with Gasteiger partial charge in [0.05, 0.1) is 11.1 Å². The SMILES string of the molecule is CNCCC1CCN(C(=O)CN2C(=O)c3ccc(C)cc3C2=O)CC1.Cl. The van der Waals surface area contributed by atoms with Crippen LogP contribution in [0.25, 0.3) is 0 Å². The molecule has 0 aromatic heterocycles.